The number of benzene rings is 1. The van der Waals surface area contributed by atoms with Crippen LogP contribution in [-0.4, -0.2) is 23.1 Å². The monoisotopic (exact) mass is 262 g/mol. The van der Waals surface area contributed by atoms with Gasteiger partial charge in [0.25, 0.3) is 0 Å². The van der Waals surface area contributed by atoms with Crippen molar-refractivity contribution in [3.05, 3.63) is 35.9 Å². The highest BCUT2D eigenvalue weighted by molar-refractivity contribution is 7.99. The van der Waals surface area contributed by atoms with E-state index in [1.54, 1.807) is 11.8 Å². The molecule has 0 aliphatic carbocycles. The standard InChI is InChI=1S/C13H14N2O2S/c14-9-13(6-7-18-10-13)15-12(16)17-8-11-4-2-1-3-5-11/h1-5H,6-8,10H2,(H,15,16). The maximum Gasteiger partial charge on any atom is 0.408 e. The van der Waals surface area contributed by atoms with Gasteiger partial charge in [-0.1, -0.05) is 30.3 Å². The lowest BCUT2D eigenvalue weighted by atomic mass is 10.0. The zero-order valence-corrected chi connectivity index (χ0v) is 10.7. The van der Waals surface area contributed by atoms with Gasteiger partial charge < -0.3 is 10.1 Å². The van der Waals surface area contributed by atoms with E-state index in [4.69, 9.17) is 10.00 Å². The van der Waals surface area contributed by atoms with Crippen molar-refractivity contribution in [3.63, 3.8) is 0 Å². The summed E-state index contributed by atoms with van der Waals surface area (Å²) in [7, 11) is 0. The Morgan fingerprint density at radius 3 is 2.89 bits per heavy atom. The molecule has 1 heterocycles. The minimum atomic E-state index is -0.752. The summed E-state index contributed by atoms with van der Waals surface area (Å²) in [6.07, 6.45) is 0.150. The van der Waals surface area contributed by atoms with Crippen LogP contribution in [0.15, 0.2) is 30.3 Å². The molecule has 0 bridgehead atoms. The number of hydrogen-bond acceptors (Lipinski definition) is 4. The number of ether oxygens (including phenoxy) is 1. The fourth-order valence-electron chi connectivity index (χ4n) is 1.73. The molecule has 1 saturated heterocycles. The molecule has 1 aliphatic rings. The van der Waals surface area contributed by atoms with E-state index in [2.05, 4.69) is 11.4 Å². The third kappa shape index (κ3) is 3.17. The van der Waals surface area contributed by atoms with E-state index in [0.717, 1.165) is 11.3 Å². The van der Waals surface area contributed by atoms with Crippen molar-refractivity contribution < 1.29 is 9.53 Å². The second kappa shape index (κ2) is 5.78. The predicted octanol–water partition coefficient (Wildman–Crippen LogP) is 2.31. The first-order valence-electron chi connectivity index (χ1n) is 5.72. The van der Waals surface area contributed by atoms with Crippen LogP contribution in [0, 0.1) is 11.3 Å². The Morgan fingerprint density at radius 1 is 1.50 bits per heavy atom. The normalized spacial score (nSPS) is 22.2. The minimum absolute atomic E-state index is 0.224. The van der Waals surface area contributed by atoms with Gasteiger partial charge in [0.2, 0.25) is 0 Å². The topological polar surface area (TPSA) is 62.1 Å². The van der Waals surface area contributed by atoms with Gasteiger partial charge in [-0.2, -0.15) is 17.0 Å². The van der Waals surface area contributed by atoms with E-state index < -0.39 is 11.6 Å². The number of carbonyl (C=O) groups excluding carboxylic acids is 1. The van der Waals surface area contributed by atoms with Crippen LogP contribution in [0.25, 0.3) is 0 Å². The first kappa shape index (κ1) is 12.8. The van der Waals surface area contributed by atoms with Crippen molar-refractivity contribution in [2.24, 2.45) is 0 Å². The van der Waals surface area contributed by atoms with Gasteiger partial charge in [-0.05, 0) is 17.7 Å². The van der Waals surface area contributed by atoms with Gasteiger partial charge in [0.05, 0.1) is 6.07 Å². The SMILES string of the molecule is N#CC1(NC(=O)OCc2ccccc2)CCSC1. The molecule has 1 aliphatic heterocycles. The molecule has 0 spiro atoms. The second-order valence-corrected chi connectivity index (χ2v) is 5.29. The molecule has 94 valence electrons. The van der Waals surface area contributed by atoms with Crippen LogP contribution in [0.4, 0.5) is 4.79 Å². The van der Waals surface area contributed by atoms with Gasteiger partial charge >= 0.3 is 6.09 Å². The second-order valence-electron chi connectivity index (χ2n) is 4.18. The number of rotatable bonds is 3. The molecule has 1 amide bonds. The summed E-state index contributed by atoms with van der Waals surface area (Å²) in [5, 5.41) is 11.8. The lowest BCUT2D eigenvalue weighted by Crippen LogP contribution is -2.47. The van der Waals surface area contributed by atoms with Gasteiger partial charge in [-0.15, -0.1) is 0 Å². The summed E-state index contributed by atoms with van der Waals surface area (Å²) in [4.78, 5) is 11.6. The molecule has 4 nitrogen and oxygen atoms in total. The van der Waals surface area contributed by atoms with Crippen molar-refractivity contribution in [1.82, 2.24) is 5.32 Å². The Labute approximate surface area is 110 Å². The average molecular weight is 262 g/mol. The number of amides is 1. The summed E-state index contributed by atoms with van der Waals surface area (Å²) in [6.45, 7) is 0.224. The molecule has 0 saturated carbocycles. The largest absolute Gasteiger partial charge is 0.445 e. The number of nitriles is 1. The highest BCUT2D eigenvalue weighted by Gasteiger charge is 2.36. The summed E-state index contributed by atoms with van der Waals surface area (Å²) in [5.74, 6) is 1.52. The first-order chi connectivity index (χ1) is 8.74. The number of alkyl carbamates (subject to hydrolysis) is 1. The van der Waals surface area contributed by atoms with Crippen LogP contribution in [0.1, 0.15) is 12.0 Å². The Kier molecular flexibility index (Phi) is 4.11. The van der Waals surface area contributed by atoms with Gasteiger partial charge in [0, 0.05) is 5.75 Å². The van der Waals surface area contributed by atoms with Crippen molar-refractivity contribution in [2.75, 3.05) is 11.5 Å². The molecule has 1 aromatic carbocycles. The van der Waals surface area contributed by atoms with Gasteiger partial charge in [-0.25, -0.2) is 4.79 Å². The van der Waals surface area contributed by atoms with E-state index in [9.17, 15) is 4.79 Å². The van der Waals surface area contributed by atoms with E-state index in [-0.39, 0.29) is 6.61 Å². The van der Waals surface area contributed by atoms with Crippen LogP contribution in [0.2, 0.25) is 0 Å². The van der Waals surface area contributed by atoms with Gasteiger partial charge in [0.1, 0.15) is 12.1 Å². The Hall–Kier alpha value is -1.67. The van der Waals surface area contributed by atoms with E-state index in [0.29, 0.717) is 12.2 Å². The molecule has 1 unspecified atom stereocenters. The minimum Gasteiger partial charge on any atom is -0.445 e. The average Bonchev–Trinajstić information content (AvgIpc) is 2.87. The molecular formula is C13H14N2O2S. The van der Waals surface area contributed by atoms with Crippen LogP contribution >= 0.6 is 11.8 Å². The van der Waals surface area contributed by atoms with Crippen molar-refractivity contribution in [3.8, 4) is 6.07 Å². The quantitative estimate of drug-likeness (QED) is 0.908. The van der Waals surface area contributed by atoms with Crippen molar-refractivity contribution in [1.29, 1.82) is 5.26 Å². The summed E-state index contributed by atoms with van der Waals surface area (Å²) >= 11 is 1.67. The maximum absolute atomic E-state index is 11.6. The van der Waals surface area contributed by atoms with Crippen LogP contribution < -0.4 is 5.32 Å². The smallest absolute Gasteiger partial charge is 0.408 e. The molecule has 18 heavy (non-hydrogen) atoms. The third-order valence-corrected chi connectivity index (χ3v) is 3.98. The molecule has 1 N–H and O–H groups in total. The highest BCUT2D eigenvalue weighted by Crippen LogP contribution is 2.27. The summed E-state index contributed by atoms with van der Waals surface area (Å²) < 4.78 is 5.11. The Bertz CT molecular complexity index is 450. The molecule has 0 radical (unpaired) electrons. The number of carbonyl (C=O) groups is 1. The molecule has 2 rings (SSSR count). The van der Waals surface area contributed by atoms with Crippen molar-refractivity contribution in [2.45, 2.75) is 18.6 Å². The first-order valence-corrected chi connectivity index (χ1v) is 6.87. The lowest BCUT2D eigenvalue weighted by molar-refractivity contribution is 0.133. The van der Waals surface area contributed by atoms with Gasteiger partial charge in [0.15, 0.2) is 0 Å². The molecule has 5 heteroatoms. The fraction of sp³-hybridized carbons (Fsp3) is 0.385. The van der Waals surface area contributed by atoms with Crippen molar-refractivity contribution >= 4 is 17.9 Å². The van der Waals surface area contributed by atoms with Crippen LogP contribution in [0.5, 0.6) is 0 Å². The van der Waals surface area contributed by atoms with Gasteiger partial charge in [-0.3, -0.25) is 0 Å². The number of nitrogens with one attached hydrogen (secondary N) is 1. The molecule has 1 aromatic rings. The number of nitrogens with zero attached hydrogens (tertiary/aromatic N) is 1. The lowest BCUT2D eigenvalue weighted by Gasteiger charge is -2.20. The highest BCUT2D eigenvalue weighted by atomic mass is 32.2. The van der Waals surface area contributed by atoms with E-state index in [1.165, 1.54) is 0 Å². The van der Waals surface area contributed by atoms with E-state index >= 15 is 0 Å². The zero-order valence-electron chi connectivity index (χ0n) is 9.89. The van der Waals surface area contributed by atoms with E-state index in [1.807, 2.05) is 30.3 Å². The Balaban J connectivity index is 1.84. The molecule has 1 fully saturated rings. The predicted molar refractivity (Wildman–Crippen MR) is 70.0 cm³/mol. The number of thioether (sulfide) groups is 1. The number of hydrogen-bond donors (Lipinski definition) is 1. The maximum atomic E-state index is 11.6. The van der Waals surface area contributed by atoms with Crippen LogP contribution in [-0.2, 0) is 11.3 Å². The summed E-state index contributed by atoms with van der Waals surface area (Å²) in [5.41, 5.74) is 0.179. The molecule has 0 aromatic heterocycles. The van der Waals surface area contributed by atoms with Crippen LogP contribution in [0.3, 0.4) is 0 Å². The Morgan fingerprint density at radius 2 is 2.28 bits per heavy atom. The molecular weight excluding hydrogens is 248 g/mol. The zero-order chi connectivity index (χ0) is 12.8. The fourth-order valence-corrected chi connectivity index (χ4v) is 3.00. The molecule has 1 atom stereocenters. The summed E-state index contributed by atoms with van der Waals surface area (Å²) in [6, 6.07) is 11.6. The third-order valence-electron chi connectivity index (χ3n) is 2.79.